The molecular weight excluding hydrogens is 326 g/mol. The van der Waals surface area contributed by atoms with Crippen LogP contribution in [0.3, 0.4) is 0 Å². The van der Waals surface area contributed by atoms with Crippen LogP contribution in [0.4, 0.5) is 4.79 Å². The summed E-state index contributed by atoms with van der Waals surface area (Å²) < 4.78 is 5.29. The summed E-state index contributed by atoms with van der Waals surface area (Å²) in [6.07, 6.45) is 4.80. The number of likely N-dealkylation sites (N-methyl/N-ethyl adjacent to an activating group) is 2. The average molecular weight is 345 g/mol. The number of rotatable bonds is 4. The smallest absolute Gasteiger partial charge is 0.341 e. The van der Waals surface area contributed by atoms with E-state index in [1.807, 2.05) is 54.2 Å². The van der Waals surface area contributed by atoms with Crippen molar-refractivity contribution in [1.82, 2.24) is 20.1 Å². The van der Waals surface area contributed by atoms with Crippen LogP contribution in [0.5, 0.6) is 5.75 Å². The maximum atomic E-state index is 12.1. The number of urea groups is 1. The molecule has 1 aromatic rings. The largest absolute Gasteiger partial charge is 0.496 e. The number of para-hydroxylation sites is 1. The van der Waals surface area contributed by atoms with Gasteiger partial charge in [-0.25, -0.2) is 4.79 Å². The number of nitrogens with one attached hydrogen (secondary N) is 1. The Morgan fingerprint density at radius 2 is 2.04 bits per heavy atom. The zero-order valence-electron chi connectivity index (χ0n) is 13.7. The van der Waals surface area contributed by atoms with Crippen LogP contribution in [-0.2, 0) is 0 Å². The zero-order valence-corrected chi connectivity index (χ0v) is 14.5. The Balaban J connectivity index is 1.73. The number of hydrogen-bond acceptors (Lipinski definition) is 4. The highest BCUT2D eigenvalue weighted by molar-refractivity contribution is 7.80. The maximum Gasteiger partial charge on any atom is 0.341 e. The van der Waals surface area contributed by atoms with E-state index in [1.165, 1.54) is 5.01 Å². The van der Waals surface area contributed by atoms with Gasteiger partial charge in [0.15, 0.2) is 11.3 Å². The lowest BCUT2D eigenvalue weighted by atomic mass is 10.2. The van der Waals surface area contributed by atoms with Crippen LogP contribution in [0.2, 0.25) is 0 Å². The third kappa shape index (κ3) is 2.69. The number of hydrogen-bond donors (Lipinski definition) is 1. The molecule has 126 valence electrons. The van der Waals surface area contributed by atoms with E-state index in [0.717, 1.165) is 11.3 Å². The fourth-order valence-corrected chi connectivity index (χ4v) is 3.08. The molecule has 2 amide bonds. The van der Waals surface area contributed by atoms with Crippen molar-refractivity contribution < 1.29 is 9.53 Å². The predicted molar refractivity (Wildman–Crippen MR) is 96.6 cm³/mol. The van der Waals surface area contributed by atoms with Crippen LogP contribution in [0.25, 0.3) is 6.08 Å². The predicted octanol–water partition coefficient (Wildman–Crippen LogP) is 1.53. The Morgan fingerprint density at radius 3 is 2.79 bits per heavy atom. The molecule has 2 aliphatic rings. The topological polar surface area (TPSA) is 60.4 Å². The minimum absolute atomic E-state index is 0.189. The fraction of sp³-hybridized carbons (Fsp3) is 0.312. The number of carbonyl (C=O) groups is 1. The first-order valence-corrected chi connectivity index (χ1v) is 7.88. The van der Waals surface area contributed by atoms with Gasteiger partial charge in [-0.3, -0.25) is 0 Å². The van der Waals surface area contributed by atoms with Gasteiger partial charge in [0.1, 0.15) is 11.9 Å². The van der Waals surface area contributed by atoms with Crippen molar-refractivity contribution in [2.75, 3.05) is 21.2 Å². The molecule has 0 saturated carbocycles. The first kappa shape index (κ1) is 16.3. The van der Waals surface area contributed by atoms with Crippen LogP contribution < -0.4 is 10.1 Å². The first-order valence-electron chi connectivity index (χ1n) is 7.47. The summed E-state index contributed by atoms with van der Waals surface area (Å²) in [5.41, 5.74) is 0.939. The number of fused-ring (bicyclic) bond motifs is 1. The average Bonchev–Trinajstić information content (AvgIpc) is 3.02. The van der Waals surface area contributed by atoms with Crippen molar-refractivity contribution in [2.45, 2.75) is 12.3 Å². The minimum atomic E-state index is -0.245. The van der Waals surface area contributed by atoms with Gasteiger partial charge in [0.2, 0.25) is 0 Å². The molecule has 7 nitrogen and oxygen atoms in total. The standard InChI is InChI=1S/C16H19N5O2S/c1-19-13-14(20(2)16(19)24)21(15(22)18-13)17-10-6-8-11-7-4-5-9-12(11)23-3/h4-10,13-14H,1-3H3,(H,18,22)/b8-6+,17-10+. The lowest BCUT2D eigenvalue weighted by molar-refractivity contribution is 0.162. The number of nitrogens with zero attached hydrogens (tertiary/aromatic N) is 4. The number of carbonyl (C=O) groups excluding carboxylic acids is 1. The fourth-order valence-electron chi connectivity index (χ4n) is 2.86. The highest BCUT2D eigenvalue weighted by Gasteiger charge is 2.51. The Kier molecular flexibility index (Phi) is 4.39. The van der Waals surface area contributed by atoms with Gasteiger partial charge in [-0.05, 0) is 30.4 Å². The number of thiocarbonyl (C=S) groups is 1. The van der Waals surface area contributed by atoms with Crippen molar-refractivity contribution in [2.24, 2.45) is 5.10 Å². The number of amides is 2. The summed E-state index contributed by atoms with van der Waals surface area (Å²) in [5.74, 6) is 0.781. The van der Waals surface area contributed by atoms with Crippen molar-refractivity contribution in [3.63, 3.8) is 0 Å². The summed E-state index contributed by atoms with van der Waals surface area (Å²) in [6, 6.07) is 7.43. The van der Waals surface area contributed by atoms with Gasteiger partial charge in [0, 0.05) is 25.9 Å². The molecule has 2 unspecified atom stereocenters. The van der Waals surface area contributed by atoms with E-state index in [0.29, 0.717) is 5.11 Å². The van der Waals surface area contributed by atoms with Gasteiger partial charge in [-0.2, -0.15) is 10.1 Å². The molecule has 0 aliphatic carbocycles. The SMILES string of the molecule is COc1ccccc1/C=C/C=N/N1C(=O)NC2C1N(C)C(=S)N2C. The quantitative estimate of drug-likeness (QED) is 0.662. The Hall–Kier alpha value is -2.61. The van der Waals surface area contributed by atoms with E-state index in [1.54, 1.807) is 19.4 Å². The van der Waals surface area contributed by atoms with Crippen LogP contribution in [-0.4, -0.2) is 65.7 Å². The molecular formula is C16H19N5O2S. The van der Waals surface area contributed by atoms with E-state index in [9.17, 15) is 4.79 Å². The molecule has 2 aliphatic heterocycles. The third-order valence-corrected chi connectivity index (χ3v) is 4.70. The summed E-state index contributed by atoms with van der Waals surface area (Å²) in [6.45, 7) is 0. The molecule has 2 fully saturated rings. The lowest BCUT2D eigenvalue weighted by Gasteiger charge is -2.23. The van der Waals surface area contributed by atoms with Gasteiger partial charge >= 0.3 is 6.03 Å². The van der Waals surface area contributed by atoms with Crippen LogP contribution in [0, 0.1) is 0 Å². The monoisotopic (exact) mass is 345 g/mol. The van der Waals surface area contributed by atoms with E-state index < -0.39 is 0 Å². The van der Waals surface area contributed by atoms with Crippen molar-refractivity contribution >= 4 is 35.7 Å². The molecule has 2 heterocycles. The lowest BCUT2D eigenvalue weighted by Crippen LogP contribution is -2.41. The summed E-state index contributed by atoms with van der Waals surface area (Å²) in [4.78, 5) is 15.8. The number of methoxy groups -OCH3 is 1. The van der Waals surface area contributed by atoms with Crippen molar-refractivity contribution in [3.8, 4) is 5.75 Å². The molecule has 0 spiro atoms. The molecule has 24 heavy (non-hydrogen) atoms. The van der Waals surface area contributed by atoms with Crippen LogP contribution in [0.15, 0.2) is 35.4 Å². The van der Waals surface area contributed by atoms with E-state index in [-0.39, 0.29) is 18.4 Å². The minimum Gasteiger partial charge on any atom is -0.496 e. The van der Waals surface area contributed by atoms with Gasteiger partial charge < -0.3 is 19.9 Å². The third-order valence-electron chi connectivity index (χ3n) is 4.12. The first-order chi connectivity index (χ1) is 11.5. The molecule has 3 rings (SSSR count). The van der Waals surface area contributed by atoms with Crippen molar-refractivity contribution in [1.29, 1.82) is 0 Å². The molecule has 0 radical (unpaired) electrons. The van der Waals surface area contributed by atoms with Crippen LogP contribution in [0.1, 0.15) is 5.56 Å². The molecule has 0 aromatic heterocycles. The second-order valence-corrected chi connectivity index (χ2v) is 5.89. The normalized spacial score (nSPS) is 23.5. The van der Waals surface area contributed by atoms with Gasteiger partial charge in [0.05, 0.1) is 7.11 Å². The highest BCUT2D eigenvalue weighted by Crippen LogP contribution is 2.26. The molecule has 1 aromatic carbocycles. The second-order valence-electron chi connectivity index (χ2n) is 5.52. The summed E-state index contributed by atoms with van der Waals surface area (Å²) >= 11 is 5.33. The molecule has 8 heteroatoms. The zero-order chi connectivity index (χ0) is 17.3. The number of hydrazone groups is 1. The number of ether oxygens (including phenoxy) is 1. The van der Waals surface area contributed by atoms with Crippen molar-refractivity contribution in [3.05, 3.63) is 35.9 Å². The van der Waals surface area contributed by atoms with E-state index in [4.69, 9.17) is 17.0 Å². The maximum absolute atomic E-state index is 12.1. The molecule has 1 N–H and O–H groups in total. The number of allylic oxidation sites excluding steroid dienone is 1. The molecule has 0 bridgehead atoms. The Labute approximate surface area is 146 Å². The van der Waals surface area contributed by atoms with E-state index in [2.05, 4.69) is 10.4 Å². The Bertz CT molecular complexity index is 720. The highest BCUT2D eigenvalue weighted by atomic mass is 32.1. The summed E-state index contributed by atoms with van der Waals surface area (Å²) in [7, 11) is 5.35. The molecule has 2 atom stereocenters. The number of benzene rings is 1. The summed E-state index contributed by atoms with van der Waals surface area (Å²) in [5, 5.41) is 9.24. The van der Waals surface area contributed by atoms with Gasteiger partial charge in [-0.1, -0.05) is 18.2 Å². The molecule has 2 saturated heterocycles. The van der Waals surface area contributed by atoms with Crippen LogP contribution >= 0.6 is 12.2 Å². The second kappa shape index (κ2) is 6.48. The Morgan fingerprint density at radius 1 is 1.29 bits per heavy atom. The van der Waals surface area contributed by atoms with E-state index >= 15 is 0 Å². The van der Waals surface area contributed by atoms with Gasteiger partial charge in [0.25, 0.3) is 0 Å². The van der Waals surface area contributed by atoms with Gasteiger partial charge in [-0.15, -0.1) is 0 Å².